The number of imidazole rings is 1. The van der Waals surface area contributed by atoms with Gasteiger partial charge in [0.05, 0.1) is 27.8 Å². The minimum absolute atomic E-state index is 0.0262. The molecule has 2 heterocycles. The Morgan fingerprint density at radius 2 is 1.23 bits per heavy atom. The third kappa shape index (κ3) is 4.72. The van der Waals surface area contributed by atoms with E-state index in [2.05, 4.69) is 74.7 Å². The van der Waals surface area contributed by atoms with Gasteiger partial charge in [-0.2, -0.15) is 0 Å². The second kappa shape index (κ2) is 11.6. The predicted molar refractivity (Wildman–Crippen MR) is 193 cm³/mol. The molecule has 0 aliphatic carbocycles. The molecule has 6 aromatic carbocycles. The first-order valence-electron chi connectivity index (χ1n) is 16.4. The third-order valence-corrected chi connectivity index (χ3v) is 9.29. The average molecular weight is 633 g/mol. The molecule has 0 saturated heterocycles. The van der Waals surface area contributed by atoms with E-state index in [-0.39, 0.29) is 23.0 Å². The number of halogens is 2. The van der Waals surface area contributed by atoms with Crippen molar-refractivity contribution in [3.05, 3.63) is 144 Å². The minimum atomic E-state index is -0.715. The number of hydrogen-bond donors (Lipinski definition) is 0. The molecule has 0 atom stereocenters. The summed E-state index contributed by atoms with van der Waals surface area (Å²) in [7, 11) is 0. The lowest BCUT2D eigenvalue weighted by atomic mass is 9.88. The monoisotopic (exact) mass is 632 g/mol. The van der Waals surface area contributed by atoms with Gasteiger partial charge in [0.25, 0.3) is 0 Å². The average Bonchev–Trinajstić information content (AvgIpc) is 3.67. The summed E-state index contributed by atoms with van der Waals surface area (Å²) >= 11 is 0. The zero-order valence-electron chi connectivity index (χ0n) is 27.3. The van der Waals surface area contributed by atoms with E-state index in [0.717, 1.165) is 16.7 Å². The van der Waals surface area contributed by atoms with Crippen LogP contribution in [0.5, 0.6) is 0 Å². The van der Waals surface area contributed by atoms with Gasteiger partial charge in [0, 0.05) is 10.8 Å². The maximum atomic E-state index is 16.2. The number of furan rings is 1. The molecule has 0 aliphatic rings. The molecule has 3 nitrogen and oxygen atoms in total. The standard InChI is InChI=1S/C43H34F2N2O/c1-25(2)32-22-29(27-14-7-5-8-15-27)23-33(26(3)4)40(32)47-37-21-12-11-20-36(37)46-43(47)31-19-13-18-30-34-24-35(44)38(28-16-9-6-10-17-28)39(45)42(34)48-41(30)31/h5-26H,1-4H3. The minimum Gasteiger partial charge on any atom is -0.452 e. The third-order valence-electron chi connectivity index (χ3n) is 9.29. The van der Waals surface area contributed by atoms with Crippen molar-refractivity contribution in [1.82, 2.24) is 9.55 Å². The fourth-order valence-corrected chi connectivity index (χ4v) is 6.96. The molecule has 236 valence electrons. The number of aromatic nitrogens is 2. The molecule has 0 bridgehead atoms. The highest BCUT2D eigenvalue weighted by atomic mass is 19.1. The molecule has 0 fully saturated rings. The van der Waals surface area contributed by atoms with Crippen LogP contribution in [0.4, 0.5) is 8.78 Å². The summed E-state index contributed by atoms with van der Waals surface area (Å²) in [6.07, 6.45) is 0. The van der Waals surface area contributed by atoms with Crippen LogP contribution in [0, 0.1) is 11.6 Å². The fourth-order valence-electron chi connectivity index (χ4n) is 6.96. The summed E-state index contributed by atoms with van der Waals surface area (Å²) in [5.74, 6) is -0.265. The Morgan fingerprint density at radius 1 is 0.604 bits per heavy atom. The molecule has 0 radical (unpaired) electrons. The summed E-state index contributed by atoms with van der Waals surface area (Å²) < 4.78 is 40.5. The smallest absolute Gasteiger partial charge is 0.177 e. The van der Waals surface area contributed by atoms with Gasteiger partial charge in [-0.15, -0.1) is 0 Å². The van der Waals surface area contributed by atoms with Crippen molar-refractivity contribution < 1.29 is 13.2 Å². The van der Waals surface area contributed by atoms with E-state index in [0.29, 0.717) is 33.3 Å². The van der Waals surface area contributed by atoms with E-state index < -0.39 is 11.6 Å². The molecular weight excluding hydrogens is 598 g/mol. The van der Waals surface area contributed by atoms with E-state index >= 15 is 8.78 Å². The van der Waals surface area contributed by atoms with Crippen molar-refractivity contribution in [1.29, 1.82) is 0 Å². The SMILES string of the molecule is CC(C)c1cc(-c2ccccc2)cc(C(C)C)c1-n1c(-c2cccc3c2oc2c(F)c(-c4ccccc4)c(F)cc23)nc2ccccc21. The van der Waals surface area contributed by atoms with Gasteiger partial charge in [-0.3, -0.25) is 4.57 Å². The maximum Gasteiger partial charge on any atom is 0.177 e. The number of hydrogen-bond acceptors (Lipinski definition) is 2. The Morgan fingerprint density at radius 3 is 1.90 bits per heavy atom. The topological polar surface area (TPSA) is 31.0 Å². The molecule has 0 amide bonds. The molecule has 2 aromatic heterocycles. The van der Waals surface area contributed by atoms with Gasteiger partial charge in [0.2, 0.25) is 0 Å². The van der Waals surface area contributed by atoms with Crippen LogP contribution in [0.3, 0.4) is 0 Å². The van der Waals surface area contributed by atoms with Crippen molar-refractivity contribution in [3.8, 4) is 39.3 Å². The highest BCUT2D eigenvalue weighted by molar-refractivity contribution is 6.10. The Labute approximate surface area is 278 Å². The second-order valence-electron chi connectivity index (χ2n) is 13.0. The van der Waals surface area contributed by atoms with Gasteiger partial charge in [-0.1, -0.05) is 113 Å². The van der Waals surface area contributed by atoms with Crippen LogP contribution in [0.15, 0.2) is 126 Å². The summed E-state index contributed by atoms with van der Waals surface area (Å²) in [5, 5.41) is 1.02. The van der Waals surface area contributed by atoms with Gasteiger partial charge < -0.3 is 4.42 Å². The van der Waals surface area contributed by atoms with Crippen LogP contribution in [0.2, 0.25) is 0 Å². The molecule has 8 aromatic rings. The summed E-state index contributed by atoms with van der Waals surface area (Å²) in [4.78, 5) is 5.20. The van der Waals surface area contributed by atoms with Crippen molar-refractivity contribution >= 4 is 33.0 Å². The fraction of sp³-hybridized carbons (Fsp3) is 0.140. The van der Waals surface area contributed by atoms with Crippen LogP contribution in [0.25, 0.3) is 72.3 Å². The molecule has 5 heteroatoms. The van der Waals surface area contributed by atoms with Crippen LogP contribution >= 0.6 is 0 Å². The Hall–Kier alpha value is -5.55. The summed E-state index contributed by atoms with van der Waals surface area (Å²) in [6.45, 7) is 8.88. The molecule has 48 heavy (non-hydrogen) atoms. The zero-order valence-corrected chi connectivity index (χ0v) is 27.3. The Balaban J connectivity index is 1.44. The van der Waals surface area contributed by atoms with E-state index in [1.54, 1.807) is 24.3 Å². The normalized spacial score (nSPS) is 11.9. The van der Waals surface area contributed by atoms with Crippen molar-refractivity contribution in [2.24, 2.45) is 0 Å². The molecule has 8 rings (SSSR count). The van der Waals surface area contributed by atoms with Crippen molar-refractivity contribution in [3.63, 3.8) is 0 Å². The Kier molecular flexibility index (Phi) is 7.21. The van der Waals surface area contributed by atoms with E-state index in [1.807, 2.05) is 48.5 Å². The van der Waals surface area contributed by atoms with Crippen LogP contribution in [-0.4, -0.2) is 9.55 Å². The lowest BCUT2D eigenvalue weighted by Crippen LogP contribution is -2.09. The van der Waals surface area contributed by atoms with Gasteiger partial charge in [0.1, 0.15) is 17.2 Å². The number of nitrogens with zero attached hydrogens (tertiary/aromatic N) is 2. The quantitative estimate of drug-likeness (QED) is 0.183. The molecule has 0 N–H and O–H groups in total. The van der Waals surface area contributed by atoms with Crippen LogP contribution < -0.4 is 0 Å². The molecule has 0 aliphatic heterocycles. The van der Waals surface area contributed by atoms with Gasteiger partial charge in [-0.25, -0.2) is 13.8 Å². The van der Waals surface area contributed by atoms with Crippen LogP contribution in [0.1, 0.15) is 50.7 Å². The molecular formula is C43H34F2N2O. The lowest BCUT2D eigenvalue weighted by Gasteiger charge is -2.24. The van der Waals surface area contributed by atoms with Gasteiger partial charge >= 0.3 is 0 Å². The summed E-state index contributed by atoms with van der Waals surface area (Å²) in [6, 6.07) is 39.0. The van der Waals surface area contributed by atoms with Crippen LogP contribution in [-0.2, 0) is 0 Å². The number of rotatable bonds is 6. The highest BCUT2D eigenvalue weighted by Crippen LogP contribution is 2.44. The first kappa shape index (κ1) is 29.8. The Bertz CT molecular complexity index is 2440. The number of benzene rings is 6. The summed E-state index contributed by atoms with van der Waals surface area (Å²) in [5.41, 5.74) is 9.16. The molecule has 0 saturated carbocycles. The van der Waals surface area contributed by atoms with E-state index in [9.17, 15) is 0 Å². The lowest BCUT2D eigenvalue weighted by molar-refractivity contribution is 0.567. The highest BCUT2D eigenvalue weighted by Gasteiger charge is 2.27. The zero-order chi connectivity index (χ0) is 33.1. The largest absolute Gasteiger partial charge is 0.452 e. The van der Waals surface area contributed by atoms with E-state index in [4.69, 9.17) is 9.40 Å². The van der Waals surface area contributed by atoms with E-state index in [1.165, 1.54) is 28.3 Å². The molecule has 0 unspecified atom stereocenters. The molecule has 0 spiro atoms. The predicted octanol–water partition coefficient (Wildman–Crippen LogP) is 12.5. The number of fused-ring (bicyclic) bond motifs is 4. The first-order chi connectivity index (χ1) is 23.3. The second-order valence-corrected chi connectivity index (χ2v) is 13.0. The van der Waals surface area contributed by atoms with Gasteiger partial charge in [-0.05, 0) is 76.1 Å². The van der Waals surface area contributed by atoms with Crippen molar-refractivity contribution in [2.45, 2.75) is 39.5 Å². The van der Waals surface area contributed by atoms with Gasteiger partial charge in [0.15, 0.2) is 11.4 Å². The van der Waals surface area contributed by atoms with Crippen molar-refractivity contribution in [2.75, 3.05) is 0 Å². The maximum absolute atomic E-state index is 16.2. The number of para-hydroxylation sites is 3. The first-order valence-corrected chi connectivity index (χ1v) is 16.4.